The molecule has 3 heterocycles. The Labute approximate surface area is 133 Å². The van der Waals surface area contributed by atoms with E-state index in [0.29, 0.717) is 11.1 Å². The van der Waals surface area contributed by atoms with Gasteiger partial charge in [-0.2, -0.15) is 15.4 Å². The summed E-state index contributed by atoms with van der Waals surface area (Å²) in [6.07, 6.45) is 5.88. The number of carbonyl (C=O) groups excluding carboxylic acids is 1. The average molecular weight is 310 g/mol. The molecule has 6 nitrogen and oxygen atoms in total. The first-order valence-corrected chi connectivity index (χ1v) is 7.98. The molecule has 1 aliphatic rings. The maximum Gasteiger partial charge on any atom is 0.254 e. The maximum atomic E-state index is 13.0. The van der Waals surface area contributed by atoms with Crippen LogP contribution in [0.4, 0.5) is 0 Å². The maximum absolute atomic E-state index is 13.0. The van der Waals surface area contributed by atoms with E-state index in [0.717, 1.165) is 43.5 Å². The molecule has 2 aromatic heterocycles. The van der Waals surface area contributed by atoms with E-state index in [2.05, 4.69) is 15.4 Å². The fourth-order valence-corrected chi connectivity index (χ4v) is 3.27. The predicted octanol–water partition coefficient (Wildman–Crippen LogP) is 3.31. The minimum Gasteiger partial charge on any atom is -0.467 e. The Kier molecular flexibility index (Phi) is 3.57. The SMILES string of the molecule is O=C(c1ccc2n[nH]nc2c1)N1CCCCCC1c1ccco1. The Hall–Kier alpha value is -2.63. The summed E-state index contributed by atoms with van der Waals surface area (Å²) in [6.45, 7) is 0.751. The average Bonchev–Trinajstić information content (AvgIpc) is 3.21. The highest BCUT2D eigenvalue weighted by Crippen LogP contribution is 2.31. The monoisotopic (exact) mass is 310 g/mol. The first-order valence-electron chi connectivity index (χ1n) is 7.98. The number of hydrogen-bond donors (Lipinski definition) is 1. The Morgan fingerprint density at radius 1 is 1.17 bits per heavy atom. The molecule has 1 aromatic carbocycles. The second-order valence-electron chi connectivity index (χ2n) is 5.91. The lowest BCUT2D eigenvalue weighted by Crippen LogP contribution is -2.34. The normalized spacial score (nSPS) is 19.0. The fraction of sp³-hybridized carbons (Fsp3) is 0.353. The van der Waals surface area contributed by atoms with Crippen LogP contribution >= 0.6 is 0 Å². The van der Waals surface area contributed by atoms with Gasteiger partial charge in [0.25, 0.3) is 5.91 Å². The molecule has 0 bridgehead atoms. The first-order chi connectivity index (χ1) is 11.3. The van der Waals surface area contributed by atoms with Crippen molar-refractivity contribution in [2.45, 2.75) is 31.7 Å². The fourth-order valence-electron chi connectivity index (χ4n) is 3.27. The molecular weight excluding hydrogens is 292 g/mol. The summed E-state index contributed by atoms with van der Waals surface area (Å²) in [6, 6.07) is 9.28. The second kappa shape index (κ2) is 5.87. The summed E-state index contributed by atoms with van der Waals surface area (Å²) in [7, 11) is 0. The third-order valence-corrected chi connectivity index (χ3v) is 4.45. The van der Waals surface area contributed by atoms with Gasteiger partial charge in [0.05, 0.1) is 12.3 Å². The lowest BCUT2D eigenvalue weighted by Gasteiger charge is -2.28. The molecular formula is C17H18N4O2. The number of nitrogens with zero attached hydrogens (tertiary/aromatic N) is 3. The number of fused-ring (bicyclic) bond motifs is 1. The number of hydrogen-bond acceptors (Lipinski definition) is 4. The summed E-state index contributed by atoms with van der Waals surface area (Å²) in [4.78, 5) is 15.0. The molecule has 1 amide bonds. The number of H-pyrrole nitrogens is 1. The molecule has 1 N–H and O–H groups in total. The van der Waals surface area contributed by atoms with Gasteiger partial charge in [0, 0.05) is 12.1 Å². The summed E-state index contributed by atoms with van der Waals surface area (Å²) >= 11 is 0. The van der Waals surface area contributed by atoms with Crippen molar-refractivity contribution in [1.29, 1.82) is 0 Å². The van der Waals surface area contributed by atoms with Crippen LogP contribution in [-0.2, 0) is 0 Å². The highest BCUT2D eigenvalue weighted by atomic mass is 16.3. The molecule has 23 heavy (non-hydrogen) atoms. The van der Waals surface area contributed by atoms with Crippen molar-refractivity contribution in [2.75, 3.05) is 6.54 Å². The smallest absolute Gasteiger partial charge is 0.254 e. The Balaban J connectivity index is 1.68. The molecule has 1 saturated heterocycles. The molecule has 3 aromatic rings. The van der Waals surface area contributed by atoms with Crippen molar-refractivity contribution in [3.8, 4) is 0 Å². The number of benzene rings is 1. The van der Waals surface area contributed by atoms with Crippen LogP contribution in [0.1, 0.15) is 47.8 Å². The van der Waals surface area contributed by atoms with Crippen LogP contribution in [0.25, 0.3) is 11.0 Å². The number of carbonyl (C=O) groups is 1. The molecule has 0 spiro atoms. The Morgan fingerprint density at radius 3 is 2.96 bits per heavy atom. The molecule has 1 fully saturated rings. The van der Waals surface area contributed by atoms with Crippen molar-refractivity contribution >= 4 is 16.9 Å². The van der Waals surface area contributed by atoms with Crippen molar-refractivity contribution in [2.24, 2.45) is 0 Å². The molecule has 0 radical (unpaired) electrons. The van der Waals surface area contributed by atoms with Gasteiger partial charge < -0.3 is 9.32 Å². The Morgan fingerprint density at radius 2 is 2.09 bits per heavy atom. The van der Waals surface area contributed by atoms with E-state index in [1.54, 1.807) is 12.3 Å². The number of likely N-dealkylation sites (tertiary alicyclic amines) is 1. The van der Waals surface area contributed by atoms with Crippen LogP contribution in [-0.4, -0.2) is 32.8 Å². The Bertz CT molecular complexity index is 809. The zero-order valence-corrected chi connectivity index (χ0v) is 12.7. The lowest BCUT2D eigenvalue weighted by molar-refractivity contribution is 0.0658. The van der Waals surface area contributed by atoms with Crippen LogP contribution < -0.4 is 0 Å². The summed E-state index contributed by atoms with van der Waals surface area (Å²) in [5.74, 6) is 0.890. The first kappa shape index (κ1) is 14.0. The van der Waals surface area contributed by atoms with E-state index in [4.69, 9.17) is 4.42 Å². The van der Waals surface area contributed by atoms with Gasteiger partial charge in [-0.1, -0.05) is 12.8 Å². The zero-order valence-electron chi connectivity index (χ0n) is 12.7. The van der Waals surface area contributed by atoms with Crippen LogP contribution in [0.15, 0.2) is 41.0 Å². The molecule has 1 unspecified atom stereocenters. The molecule has 118 valence electrons. The van der Waals surface area contributed by atoms with Gasteiger partial charge in [-0.15, -0.1) is 0 Å². The number of aromatic amines is 1. The largest absolute Gasteiger partial charge is 0.467 e. The minimum absolute atomic E-state index is 0.00741. The van der Waals surface area contributed by atoms with Gasteiger partial charge >= 0.3 is 0 Å². The van der Waals surface area contributed by atoms with Crippen LogP contribution in [0, 0.1) is 0 Å². The van der Waals surface area contributed by atoms with E-state index in [1.165, 1.54) is 0 Å². The molecule has 1 atom stereocenters. The topological polar surface area (TPSA) is 75.0 Å². The summed E-state index contributed by atoms with van der Waals surface area (Å²) in [5.41, 5.74) is 2.12. The molecule has 1 aliphatic heterocycles. The highest BCUT2D eigenvalue weighted by molar-refractivity contribution is 5.97. The van der Waals surface area contributed by atoms with E-state index in [9.17, 15) is 4.79 Å². The van der Waals surface area contributed by atoms with Crippen LogP contribution in [0.2, 0.25) is 0 Å². The predicted molar refractivity (Wildman–Crippen MR) is 84.8 cm³/mol. The molecule has 6 heteroatoms. The number of amides is 1. The number of aromatic nitrogens is 3. The standard InChI is InChI=1S/C17H18N4O2/c22-17(12-7-8-13-14(11-12)19-20-18-13)21-9-3-1-2-5-15(21)16-6-4-10-23-16/h4,6-8,10-11,15H,1-3,5,9H2,(H,18,19,20). The van der Waals surface area contributed by atoms with E-state index >= 15 is 0 Å². The molecule has 0 saturated carbocycles. The van der Waals surface area contributed by atoms with Crippen molar-refractivity contribution in [1.82, 2.24) is 20.3 Å². The number of furan rings is 1. The number of rotatable bonds is 2. The van der Waals surface area contributed by atoms with Crippen LogP contribution in [0.3, 0.4) is 0 Å². The third kappa shape index (κ3) is 2.60. The van der Waals surface area contributed by atoms with Crippen molar-refractivity contribution < 1.29 is 9.21 Å². The van der Waals surface area contributed by atoms with E-state index in [1.807, 2.05) is 29.2 Å². The number of nitrogens with one attached hydrogen (secondary N) is 1. The van der Waals surface area contributed by atoms with E-state index in [-0.39, 0.29) is 11.9 Å². The van der Waals surface area contributed by atoms with E-state index < -0.39 is 0 Å². The molecule has 4 rings (SSSR count). The second-order valence-corrected chi connectivity index (χ2v) is 5.91. The van der Waals surface area contributed by atoms with Gasteiger partial charge in [0.1, 0.15) is 16.8 Å². The zero-order chi connectivity index (χ0) is 15.6. The van der Waals surface area contributed by atoms with Crippen molar-refractivity contribution in [3.05, 3.63) is 47.9 Å². The highest BCUT2D eigenvalue weighted by Gasteiger charge is 2.29. The van der Waals surface area contributed by atoms with Gasteiger partial charge in [0.15, 0.2) is 0 Å². The summed E-state index contributed by atoms with van der Waals surface area (Å²) in [5, 5.41) is 10.7. The van der Waals surface area contributed by atoms with Gasteiger partial charge in [0.2, 0.25) is 0 Å². The van der Waals surface area contributed by atoms with Gasteiger partial charge in [-0.05, 0) is 43.2 Å². The van der Waals surface area contributed by atoms with Crippen LogP contribution in [0.5, 0.6) is 0 Å². The quantitative estimate of drug-likeness (QED) is 0.788. The third-order valence-electron chi connectivity index (χ3n) is 4.45. The van der Waals surface area contributed by atoms with Crippen molar-refractivity contribution in [3.63, 3.8) is 0 Å². The van der Waals surface area contributed by atoms with Gasteiger partial charge in [-0.3, -0.25) is 4.79 Å². The van der Waals surface area contributed by atoms with Gasteiger partial charge in [-0.25, -0.2) is 0 Å². The lowest BCUT2D eigenvalue weighted by atomic mass is 10.1. The minimum atomic E-state index is 0.00741. The summed E-state index contributed by atoms with van der Waals surface area (Å²) < 4.78 is 5.58. The molecule has 0 aliphatic carbocycles.